The van der Waals surface area contributed by atoms with Gasteiger partial charge >= 0.3 is 0 Å². The van der Waals surface area contributed by atoms with Gasteiger partial charge in [0.05, 0.1) is 7.11 Å². The van der Waals surface area contributed by atoms with Crippen molar-refractivity contribution in [3.05, 3.63) is 29.3 Å². The molecule has 0 aromatic heterocycles. The number of methoxy groups -OCH3 is 1. The minimum atomic E-state index is 0.593. The summed E-state index contributed by atoms with van der Waals surface area (Å²) in [5.41, 5.74) is 2.62. The Balaban J connectivity index is 1.73. The number of aryl methyl sites for hydroxylation is 1. The predicted octanol–water partition coefficient (Wildman–Crippen LogP) is 2.58. The van der Waals surface area contributed by atoms with Crippen LogP contribution in [0.4, 0.5) is 0 Å². The van der Waals surface area contributed by atoms with Crippen molar-refractivity contribution in [2.24, 2.45) is 5.92 Å². The first-order chi connectivity index (χ1) is 9.67. The molecule has 1 saturated carbocycles. The van der Waals surface area contributed by atoms with Gasteiger partial charge in [-0.25, -0.2) is 0 Å². The van der Waals surface area contributed by atoms with Crippen molar-refractivity contribution in [2.75, 3.05) is 20.2 Å². The number of benzene rings is 1. The van der Waals surface area contributed by atoms with Crippen molar-refractivity contribution < 1.29 is 4.74 Å². The summed E-state index contributed by atoms with van der Waals surface area (Å²) in [6.45, 7) is 7.74. The number of rotatable bonds is 4. The number of hydrogen-bond donors (Lipinski definition) is 1. The maximum absolute atomic E-state index is 5.52. The van der Waals surface area contributed by atoms with Crippen LogP contribution in [0, 0.1) is 12.8 Å². The first-order valence-electron chi connectivity index (χ1n) is 7.78. The van der Waals surface area contributed by atoms with E-state index in [9.17, 15) is 0 Å². The first-order valence-corrected chi connectivity index (χ1v) is 7.78. The fourth-order valence-electron chi connectivity index (χ4n) is 3.23. The van der Waals surface area contributed by atoms with E-state index >= 15 is 0 Å². The van der Waals surface area contributed by atoms with Gasteiger partial charge in [-0.05, 0) is 38.7 Å². The summed E-state index contributed by atoms with van der Waals surface area (Å²) >= 11 is 0. The fraction of sp³-hybridized carbons (Fsp3) is 0.647. The molecule has 2 fully saturated rings. The Labute approximate surface area is 122 Å². The third-order valence-electron chi connectivity index (χ3n) is 4.73. The molecule has 2 atom stereocenters. The second kappa shape index (κ2) is 5.74. The van der Waals surface area contributed by atoms with E-state index in [0.29, 0.717) is 12.1 Å². The number of nitrogens with one attached hydrogen (secondary N) is 1. The fourth-order valence-corrected chi connectivity index (χ4v) is 3.23. The van der Waals surface area contributed by atoms with E-state index in [1.54, 1.807) is 7.11 Å². The van der Waals surface area contributed by atoms with Gasteiger partial charge in [-0.3, -0.25) is 4.90 Å². The lowest BCUT2D eigenvalue weighted by Crippen LogP contribution is -2.55. The lowest BCUT2D eigenvalue weighted by molar-refractivity contribution is 0.124. The summed E-state index contributed by atoms with van der Waals surface area (Å²) in [5, 5.41) is 3.71. The van der Waals surface area contributed by atoms with Crippen LogP contribution in [0.1, 0.15) is 30.9 Å². The Morgan fingerprint density at radius 3 is 2.85 bits per heavy atom. The van der Waals surface area contributed by atoms with Crippen molar-refractivity contribution in [2.45, 2.75) is 45.3 Å². The van der Waals surface area contributed by atoms with Crippen LogP contribution < -0.4 is 10.1 Å². The van der Waals surface area contributed by atoms with E-state index in [2.05, 4.69) is 42.3 Å². The van der Waals surface area contributed by atoms with Crippen molar-refractivity contribution in [1.82, 2.24) is 10.2 Å². The molecule has 1 N–H and O–H groups in total. The molecule has 1 aliphatic carbocycles. The number of ether oxygens (including phenoxy) is 1. The van der Waals surface area contributed by atoms with Gasteiger partial charge in [0.1, 0.15) is 5.75 Å². The molecule has 2 unspecified atom stereocenters. The van der Waals surface area contributed by atoms with E-state index < -0.39 is 0 Å². The molecule has 1 aromatic carbocycles. The highest BCUT2D eigenvalue weighted by atomic mass is 16.5. The number of hydrogen-bond acceptors (Lipinski definition) is 3. The molecule has 1 aliphatic heterocycles. The molecule has 3 nitrogen and oxygen atoms in total. The lowest BCUT2D eigenvalue weighted by atomic mass is 10.0. The molecule has 1 heterocycles. The monoisotopic (exact) mass is 274 g/mol. The zero-order valence-corrected chi connectivity index (χ0v) is 12.9. The van der Waals surface area contributed by atoms with Crippen LogP contribution in [0.2, 0.25) is 0 Å². The molecular weight excluding hydrogens is 248 g/mol. The molecular formula is C17H26N2O. The smallest absolute Gasteiger partial charge is 0.123 e. The van der Waals surface area contributed by atoms with Crippen molar-refractivity contribution >= 4 is 0 Å². The minimum absolute atomic E-state index is 0.593. The molecule has 0 radical (unpaired) electrons. The lowest BCUT2D eigenvalue weighted by Gasteiger charge is -2.39. The zero-order chi connectivity index (χ0) is 14.1. The molecule has 2 aliphatic rings. The van der Waals surface area contributed by atoms with E-state index in [1.807, 2.05) is 0 Å². The largest absolute Gasteiger partial charge is 0.496 e. The van der Waals surface area contributed by atoms with E-state index in [0.717, 1.165) is 24.8 Å². The maximum atomic E-state index is 5.52. The first kappa shape index (κ1) is 13.9. The summed E-state index contributed by atoms with van der Waals surface area (Å²) in [4.78, 5) is 2.61. The van der Waals surface area contributed by atoms with Crippen LogP contribution in [0.3, 0.4) is 0 Å². The van der Waals surface area contributed by atoms with Crippen molar-refractivity contribution in [1.29, 1.82) is 0 Å². The van der Waals surface area contributed by atoms with Gasteiger partial charge in [0.2, 0.25) is 0 Å². The van der Waals surface area contributed by atoms with Gasteiger partial charge in [0.25, 0.3) is 0 Å². The van der Waals surface area contributed by atoms with Gasteiger partial charge in [-0.15, -0.1) is 0 Å². The van der Waals surface area contributed by atoms with Crippen LogP contribution in [0.25, 0.3) is 0 Å². The Hall–Kier alpha value is -1.06. The average molecular weight is 274 g/mol. The molecule has 3 rings (SSSR count). The summed E-state index contributed by atoms with van der Waals surface area (Å²) in [7, 11) is 1.77. The third kappa shape index (κ3) is 2.99. The molecule has 0 amide bonds. The average Bonchev–Trinajstić information content (AvgIpc) is 3.26. The molecule has 0 bridgehead atoms. The highest BCUT2D eigenvalue weighted by molar-refractivity contribution is 5.36. The van der Waals surface area contributed by atoms with Gasteiger partial charge in [-0.1, -0.05) is 17.7 Å². The highest BCUT2D eigenvalue weighted by Crippen LogP contribution is 2.34. The van der Waals surface area contributed by atoms with Crippen LogP contribution in [0.15, 0.2) is 18.2 Å². The summed E-state index contributed by atoms with van der Waals surface area (Å²) in [5.74, 6) is 1.94. The standard InChI is InChI=1S/C17H26N2O/c1-12-4-7-17(20-3)15(8-12)10-19-11-16(14-5-6-14)18-9-13(19)2/h4,7-8,13-14,16,18H,5-6,9-11H2,1-3H3. The molecule has 110 valence electrons. The molecule has 3 heteroatoms. The van der Waals surface area contributed by atoms with Crippen LogP contribution >= 0.6 is 0 Å². The maximum Gasteiger partial charge on any atom is 0.123 e. The number of nitrogens with zero attached hydrogens (tertiary/aromatic N) is 1. The predicted molar refractivity (Wildman–Crippen MR) is 82.1 cm³/mol. The SMILES string of the molecule is COc1ccc(C)cc1CN1CC(C2CC2)NCC1C. The third-order valence-corrected chi connectivity index (χ3v) is 4.73. The van der Waals surface area contributed by atoms with Gasteiger partial charge in [0.15, 0.2) is 0 Å². The Morgan fingerprint density at radius 1 is 1.35 bits per heavy atom. The van der Waals surface area contributed by atoms with Gasteiger partial charge in [0, 0.05) is 37.3 Å². The molecule has 20 heavy (non-hydrogen) atoms. The Morgan fingerprint density at radius 2 is 2.15 bits per heavy atom. The van der Waals surface area contributed by atoms with E-state index in [-0.39, 0.29) is 0 Å². The van der Waals surface area contributed by atoms with Gasteiger partial charge < -0.3 is 10.1 Å². The summed E-state index contributed by atoms with van der Waals surface area (Å²) in [6.07, 6.45) is 2.82. The topological polar surface area (TPSA) is 24.5 Å². The van der Waals surface area contributed by atoms with Crippen LogP contribution in [-0.2, 0) is 6.54 Å². The molecule has 0 spiro atoms. The second-order valence-corrected chi connectivity index (χ2v) is 6.45. The quantitative estimate of drug-likeness (QED) is 0.913. The summed E-state index contributed by atoms with van der Waals surface area (Å²) < 4.78 is 5.52. The summed E-state index contributed by atoms with van der Waals surface area (Å²) in [6, 6.07) is 7.77. The zero-order valence-electron chi connectivity index (χ0n) is 12.9. The normalized spacial score (nSPS) is 27.6. The van der Waals surface area contributed by atoms with Crippen molar-refractivity contribution in [3.63, 3.8) is 0 Å². The Kier molecular flexibility index (Phi) is 3.99. The van der Waals surface area contributed by atoms with Crippen molar-refractivity contribution in [3.8, 4) is 5.75 Å². The van der Waals surface area contributed by atoms with Gasteiger partial charge in [-0.2, -0.15) is 0 Å². The Bertz CT molecular complexity index is 470. The number of piperazine rings is 1. The highest BCUT2D eigenvalue weighted by Gasteiger charge is 2.36. The second-order valence-electron chi connectivity index (χ2n) is 6.45. The van der Waals surface area contributed by atoms with Crippen LogP contribution in [0.5, 0.6) is 5.75 Å². The van der Waals surface area contributed by atoms with Crippen LogP contribution in [-0.4, -0.2) is 37.2 Å². The minimum Gasteiger partial charge on any atom is -0.496 e. The van der Waals surface area contributed by atoms with E-state index in [4.69, 9.17) is 4.74 Å². The molecule has 1 saturated heterocycles. The van der Waals surface area contributed by atoms with E-state index in [1.165, 1.54) is 30.5 Å². The molecule has 1 aromatic rings.